The molecule has 0 saturated heterocycles. The lowest BCUT2D eigenvalue weighted by molar-refractivity contribution is 0.662. The topological polar surface area (TPSA) is 0 Å². The fourth-order valence-corrected chi connectivity index (χ4v) is 2.69. The van der Waals surface area contributed by atoms with Gasteiger partial charge in [0.1, 0.15) is 0 Å². The molecule has 0 spiro atoms. The number of aryl methyl sites for hydroxylation is 1. The Morgan fingerprint density at radius 1 is 1.42 bits per heavy atom. The number of hydrogen-bond acceptors (Lipinski definition) is 1. The Labute approximate surface area is 77.9 Å². The predicted octanol–water partition coefficient (Wildman–Crippen LogP) is 3.88. The summed E-state index contributed by atoms with van der Waals surface area (Å²) in [4.78, 5) is 2.98. The van der Waals surface area contributed by atoms with E-state index in [2.05, 4.69) is 31.2 Å². The van der Waals surface area contributed by atoms with E-state index in [0.717, 1.165) is 5.92 Å². The van der Waals surface area contributed by atoms with Gasteiger partial charge in [-0.1, -0.05) is 12.2 Å². The summed E-state index contributed by atoms with van der Waals surface area (Å²) in [5.41, 5.74) is 0. The lowest BCUT2D eigenvalue weighted by Crippen LogP contribution is -1.95. The van der Waals surface area contributed by atoms with Crippen LogP contribution in [0.4, 0.5) is 0 Å². The Hall–Kier alpha value is -0.560. The van der Waals surface area contributed by atoms with E-state index in [-0.39, 0.29) is 0 Å². The van der Waals surface area contributed by atoms with Crippen LogP contribution in [0.15, 0.2) is 24.3 Å². The molecule has 1 unspecified atom stereocenters. The number of allylic oxidation sites excluding steroid dienone is 2. The van der Waals surface area contributed by atoms with Crippen LogP contribution in [-0.4, -0.2) is 0 Å². The Bertz CT molecular complexity index is 283. The van der Waals surface area contributed by atoms with Crippen molar-refractivity contribution >= 4 is 11.3 Å². The van der Waals surface area contributed by atoms with Crippen LogP contribution in [-0.2, 0) is 0 Å². The van der Waals surface area contributed by atoms with Crippen LogP contribution >= 0.6 is 11.3 Å². The number of thiophene rings is 1. The summed E-state index contributed by atoms with van der Waals surface area (Å²) >= 11 is 1.94. The summed E-state index contributed by atoms with van der Waals surface area (Å²) in [6, 6.07) is 4.50. The molecule has 0 nitrogen and oxygen atoms in total. The molecule has 0 fully saturated rings. The smallest absolute Gasteiger partial charge is 0.0117 e. The summed E-state index contributed by atoms with van der Waals surface area (Å²) in [6.45, 7) is 2.18. The molecule has 1 heterocycles. The average Bonchev–Trinajstić information content (AvgIpc) is 2.54. The minimum absolute atomic E-state index is 0.720. The summed E-state index contributed by atoms with van der Waals surface area (Å²) in [7, 11) is 0. The van der Waals surface area contributed by atoms with Crippen LogP contribution < -0.4 is 0 Å². The minimum atomic E-state index is 0.720. The van der Waals surface area contributed by atoms with Crippen LogP contribution in [0.5, 0.6) is 0 Å². The normalized spacial score (nSPS) is 22.9. The SMILES string of the molecule is Cc1ccc(C2C=CCCC2)s1. The van der Waals surface area contributed by atoms with Gasteiger partial charge < -0.3 is 0 Å². The van der Waals surface area contributed by atoms with Gasteiger partial charge in [-0.2, -0.15) is 0 Å². The molecule has 1 aliphatic rings. The van der Waals surface area contributed by atoms with Crippen molar-refractivity contribution in [2.24, 2.45) is 0 Å². The zero-order chi connectivity index (χ0) is 8.39. The van der Waals surface area contributed by atoms with E-state index in [1.807, 2.05) is 11.3 Å². The van der Waals surface area contributed by atoms with E-state index in [9.17, 15) is 0 Å². The molecule has 0 aliphatic heterocycles. The van der Waals surface area contributed by atoms with Gasteiger partial charge >= 0.3 is 0 Å². The first-order chi connectivity index (χ1) is 5.86. The second-order valence-corrected chi connectivity index (χ2v) is 4.73. The van der Waals surface area contributed by atoms with Crippen molar-refractivity contribution in [1.29, 1.82) is 0 Å². The highest BCUT2D eigenvalue weighted by atomic mass is 32.1. The Balaban J connectivity index is 2.18. The molecular formula is C11H14S. The van der Waals surface area contributed by atoms with E-state index in [1.54, 1.807) is 4.88 Å². The van der Waals surface area contributed by atoms with Gasteiger partial charge in [0.15, 0.2) is 0 Å². The van der Waals surface area contributed by atoms with Crippen molar-refractivity contribution < 1.29 is 0 Å². The molecule has 1 atom stereocenters. The first kappa shape index (κ1) is 8.06. The molecule has 1 aliphatic carbocycles. The van der Waals surface area contributed by atoms with Gasteiger partial charge in [-0.05, 0) is 38.3 Å². The first-order valence-electron chi connectivity index (χ1n) is 4.59. The fraction of sp³-hybridized carbons (Fsp3) is 0.455. The summed E-state index contributed by atoms with van der Waals surface area (Å²) in [5, 5.41) is 0. The largest absolute Gasteiger partial charge is 0.145 e. The molecule has 0 bridgehead atoms. The van der Waals surface area contributed by atoms with Crippen molar-refractivity contribution in [3.63, 3.8) is 0 Å². The van der Waals surface area contributed by atoms with Crippen LogP contribution in [0, 0.1) is 6.92 Å². The Morgan fingerprint density at radius 2 is 2.33 bits per heavy atom. The van der Waals surface area contributed by atoms with Gasteiger partial charge in [-0.25, -0.2) is 0 Å². The zero-order valence-corrected chi connectivity index (χ0v) is 8.23. The standard InChI is InChI=1S/C11H14S/c1-9-7-8-11(12-9)10-5-3-2-4-6-10/h3,5,7-8,10H,2,4,6H2,1H3. The van der Waals surface area contributed by atoms with Gasteiger partial charge in [-0.3, -0.25) is 0 Å². The Kier molecular flexibility index (Phi) is 2.31. The molecule has 12 heavy (non-hydrogen) atoms. The van der Waals surface area contributed by atoms with E-state index < -0.39 is 0 Å². The molecule has 0 saturated carbocycles. The summed E-state index contributed by atoms with van der Waals surface area (Å²) < 4.78 is 0. The van der Waals surface area contributed by atoms with Gasteiger partial charge in [0, 0.05) is 15.7 Å². The molecule has 64 valence electrons. The average molecular weight is 178 g/mol. The highest BCUT2D eigenvalue weighted by Gasteiger charge is 2.11. The van der Waals surface area contributed by atoms with Gasteiger partial charge in [0.05, 0.1) is 0 Å². The lowest BCUT2D eigenvalue weighted by atomic mass is 9.95. The van der Waals surface area contributed by atoms with E-state index in [1.165, 1.54) is 24.1 Å². The third-order valence-electron chi connectivity index (χ3n) is 2.38. The summed E-state index contributed by atoms with van der Waals surface area (Å²) in [5.74, 6) is 0.720. The zero-order valence-electron chi connectivity index (χ0n) is 7.42. The third kappa shape index (κ3) is 1.61. The lowest BCUT2D eigenvalue weighted by Gasteiger charge is -2.13. The van der Waals surface area contributed by atoms with Crippen molar-refractivity contribution in [2.75, 3.05) is 0 Å². The second kappa shape index (κ2) is 3.44. The quantitative estimate of drug-likeness (QED) is 0.572. The number of rotatable bonds is 1. The molecule has 1 heteroatoms. The van der Waals surface area contributed by atoms with Gasteiger partial charge in [-0.15, -0.1) is 11.3 Å². The molecule has 0 aromatic carbocycles. The summed E-state index contributed by atoms with van der Waals surface area (Å²) in [6.07, 6.45) is 8.67. The van der Waals surface area contributed by atoms with Crippen LogP contribution in [0.25, 0.3) is 0 Å². The predicted molar refractivity (Wildman–Crippen MR) is 54.8 cm³/mol. The van der Waals surface area contributed by atoms with Crippen LogP contribution in [0.1, 0.15) is 34.9 Å². The third-order valence-corrected chi connectivity index (χ3v) is 3.51. The van der Waals surface area contributed by atoms with Crippen LogP contribution in [0.3, 0.4) is 0 Å². The first-order valence-corrected chi connectivity index (χ1v) is 5.41. The van der Waals surface area contributed by atoms with Crippen molar-refractivity contribution in [3.05, 3.63) is 34.0 Å². The van der Waals surface area contributed by atoms with Crippen molar-refractivity contribution in [3.8, 4) is 0 Å². The van der Waals surface area contributed by atoms with Crippen molar-refractivity contribution in [2.45, 2.75) is 32.1 Å². The van der Waals surface area contributed by atoms with Gasteiger partial charge in [0.25, 0.3) is 0 Å². The highest BCUT2D eigenvalue weighted by molar-refractivity contribution is 7.12. The maximum Gasteiger partial charge on any atom is 0.0117 e. The fourth-order valence-electron chi connectivity index (χ4n) is 1.70. The van der Waals surface area contributed by atoms with Crippen LogP contribution in [0.2, 0.25) is 0 Å². The molecular weight excluding hydrogens is 164 g/mol. The molecule has 0 radical (unpaired) electrons. The van der Waals surface area contributed by atoms with E-state index >= 15 is 0 Å². The molecule has 0 N–H and O–H groups in total. The molecule has 0 amide bonds. The second-order valence-electron chi connectivity index (χ2n) is 3.41. The van der Waals surface area contributed by atoms with E-state index in [4.69, 9.17) is 0 Å². The number of hydrogen-bond donors (Lipinski definition) is 0. The van der Waals surface area contributed by atoms with Gasteiger partial charge in [0.2, 0.25) is 0 Å². The minimum Gasteiger partial charge on any atom is -0.145 e. The van der Waals surface area contributed by atoms with E-state index in [0.29, 0.717) is 0 Å². The molecule has 2 rings (SSSR count). The van der Waals surface area contributed by atoms with Crippen molar-refractivity contribution in [1.82, 2.24) is 0 Å². The Morgan fingerprint density at radius 3 is 2.92 bits per heavy atom. The maximum absolute atomic E-state index is 2.37. The molecule has 1 aromatic rings. The highest BCUT2D eigenvalue weighted by Crippen LogP contribution is 2.31. The maximum atomic E-state index is 2.37. The monoisotopic (exact) mass is 178 g/mol. The molecule has 1 aromatic heterocycles.